The molecular formula is C18H22N2O3S. The number of hydrogen-bond acceptors (Lipinski definition) is 3. The molecule has 1 amide bonds. The number of aryl methyl sites for hydroxylation is 2. The molecule has 6 heteroatoms. The van der Waals surface area contributed by atoms with Gasteiger partial charge in [0.05, 0.1) is 4.90 Å². The molecule has 0 saturated heterocycles. The predicted molar refractivity (Wildman–Crippen MR) is 95.9 cm³/mol. The molecule has 2 N–H and O–H groups in total. The summed E-state index contributed by atoms with van der Waals surface area (Å²) in [5, 5.41) is 2.87. The van der Waals surface area contributed by atoms with Crippen LogP contribution in [-0.2, 0) is 16.4 Å². The van der Waals surface area contributed by atoms with Crippen LogP contribution >= 0.6 is 0 Å². The van der Waals surface area contributed by atoms with E-state index in [0.29, 0.717) is 11.1 Å². The first kappa shape index (κ1) is 18.2. The lowest BCUT2D eigenvalue weighted by atomic mass is 10.1. The van der Waals surface area contributed by atoms with Crippen LogP contribution in [0.2, 0.25) is 0 Å². The van der Waals surface area contributed by atoms with Crippen LogP contribution in [0.1, 0.15) is 34.0 Å². The first-order valence-corrected chi connectivity index (χ1v) is 9.22. The molecule has 0 bridgehead atoms. The Bertz CT molecular complexity index is 874. The standard InChI is InChI=1S/C18H22N2O3S/c1-5-14-8-6-7-9-16(14)20-18(21)15-10-12(2)13(3)17(11-15)24(22,23)19-4/h6-11,19H,5H2,1-4H3,(H,20,21). The molecule has 2 aromatic rings. The average molecular weight is 346 g/mol. The smallest absolute Gasteiger partial charge is 0.255 e. The second-order valence-electron chi connectivity index (χ2n) is 5.59. The maximum atomic E-state index is 12.6. The predicted octanol–water partition coefficient (Wildman–Crippen LogP) is 3.03. The van der Waals surface area contributed by atoms with E-state index in [9.17, 15) is 13.2 Å². The van der Waals surface area contributed by atoms with Crippen LogP contribution in [0.5, 0.6) is 0 Å². The molecule has 2 aromatic carbocycles. The van der Waals surface area contributed by atoms with Crippen molar-refractivity contribution in [2.75, 3.05) is 12.4 Å². The van der Waals surface area contributed by atoms with E-state index in [4.69, 9.17) is 0 Å². The van der Waals surface area contributed by atoms with Gasteiger partial charge in [-0.15, -0.1) is 0 Å². The first-order valence-electron chi connectivity index (χ1n) is 7.74. The van der Waals surface area contributed by atoms with E-state index in [1.165, 1.54) is 13.1 Å². The Morgan fingerprint density at radius 2 is 1.79 bits per heavy atom. The van der Waals surface area contributed by atoms with E-state index in [1.54, 1.807) is 19.9 Å². The number of carbonyl (C=O) groups excluding carboxylic acids is 1. The summed E-state index contributed by atoms with van der Waals surface area (Å²) in [6.07, 6.45) is 0.794. The molecule has 24 heavy (non-hydrogen) atoms. The average Bonchev–Trinajstić information content (AvgIpc) is 2.57. The Kier molecular flexibility index (Phi) is 5.41. The van der Waals surface area contributed by atoms with Crippen molar-refractivity contribution in [3.63, 3.8) is 0 Å². The third kappa shape index (κ3) is 3.66. The molecule has 0 atom stereocenters. The normalized spacial score (nSPS) is 11.3. The maximum absolute atomic E-state index is 12.6. The van der Waals surface area contributed by atoms with E-state index in [2.05, 4.69) is 10.0 Å². The molecule has 0 aromatic heterocycles. The molecule has 2 rings (SSSR count). The van der Waals surface area contributed by atoms with Gasteiger partial charge in [-0.1, -0.05) is 25.1 Å². The third-order valence-electron chi connectivity index (χ3n) is 4.09. The zero-order valence-electron chi connectivity index (χ0n) is 14.3. The molecule has 0 aliphatic rings. The Morgan fingerprint density at radius 3 is 2.42 bits per heavy atom. The lowest BCUT2D eigenvalue weighted by molar-refractivity contribution is 0.102. The van der Waals surface area contributed by atoms with Gasteiger partial charge in [-0.3, -0.25) is 4.79 Å². The van der Waals surface area contributed by atoms with Crippen molar-refractivity contribution >= 4 is 21.6 Å². The van der Waals surface area contributed by atoms with E-state index in [-0.39, 0.29) is 10.8 Å². The summed E-state index contributed by atoms with van der Waals surface area (Å²) in [6, 6.07) is 10.7. The topological polar surface area (TPSA) is 75.3 Å². The summed E-state index contributed by atoms with van der Waals surface area (Å²) < 4.78 is 26.6. The molecule has 0 radical (unpaired) electrons. The fourth-order valence-electron chi connectivity index (χ4n) is 2.49. The molecule has 0 fully saturated rings. The third-order valence-corrected chi connectivity index (χ3v) is 5.63. The van der Waals surface area contributed by atoms with Gasteiger partial charge in [0.1, 0.15) is 0 Å². The van der Waals surface area contributed by atoms with E-state index in [0.717, 1.165) is 23.2 Å². The lowest BCUT2D eigenvalue weighted by Gasteiger charge is -2.13. The van der Waals surface area contributed by atoms with Gasteiger partial charge in [0.2, 0.25) is 10.0 Å². The van der Waals surface area contributed by atoms with Crippen molar-refractivity contribution in [3.05, 3.63) is 58.7 Å². The summed E-state index contributed by atoms with van der Waals surface area (Å²) in [7, 11) is -2.27. The van der Waals surface area contributed by atoms with Crippen molar-refractivity contribution in [3.8, 4) is 0 Å². The maximum Gasteiger partial charge on any atom is 0.255 e. The number of benzene rings is 2. The Hall–Kier alpha value is -2.18. The zero-order valence-corrected chi connectivity index (χ0v) is 15.1. The van der Waals surface area contributed by atoms with Gasteiger partial charge < -0.3 is 5.32 Å². The van der Waals surface area contributed by atoms with Crippen LogP contribution in [0, 0.1) is 13.8 Å². The minimum atomic E-state index is -3.62. The molecule has 5 nitrogen and oxygen atoms in total. The van der Waals surface area contributed by atoms with Crippen LogP contribution in [0.3, 0.4) is 0 Å². The van der Waals surface area contributed by atoms with Gasteiger partial charge >= 0.3 is 0 Å². The van der Waals surface area contributed by atoms with Gasteiger partial charge in [0.15, 0.2) is 0 Å². The number of sulfonamides is 1. The Morgan fingerprint density at radius 1 is 1.12 bits per heavy atom. The summed E-state index contributed by atoms with van der Waals surface area (Å²) in [4.78, 5) is 12.7. The summed E-state index contributed by atoms with van der Waals surface area (Å²) in [5.74, 6) is -0.327. The van der Waals surface area contributed by atoms with Crippen LogP contribution in [-0.4, -0.2) is 21.4 Å². The van der Waals surface area contributed by atoms with Crippen LogP contribution in [0.25, 0.3) is 0 Å². The molecular weight excluding hydrogens is 324 g/mol. The molecule has 0 spiro atoms. The van der Waals surface area contributed by atoms with Crippen LogP contribution in [0.4, 0.5) is 5.69 Å². The van der Waals surface area contributed by atoms with Crippen molar-refractivity contribution in [2.45, 2.75) is 32.1 Å². The highest BCUT2D eigenvalue weighted by molar-refractivity contribution is 7.89. The molecule has 0 saturated carbocycles. The van der Waals surface area contributed by atoms with E-state index >= 15 is 0 Å². The van der Waals surface area contributed by atoms with Gasteiger partial charge in [0.25, 0.3) is 5.91 Å². The van der Waals surface area contributed by atoms with Crippen molar-refractivity contribution in [1.29, 1.82) is 0 Å². The van der Waals surface area contributed by atoms with Gasteiger partial charge in [-0.05, 0) is 62.2 Å². The number of nitrogens with one attached hydrogen (secondary N) is 2. The fraction of sp³-hybridized carbons (Fsp3) is 0.278. The molecule has 0 unspecified atom stereocenters. The highest BCUT2D eigenvalue weighted by atomic mass is 32.2. The first-order chi connectivity index (χ1) is 11.3. The van der Waals surface area contributed by atoms with E-state index < -0.39 is 10.0 Å². The number of hydrogen-bond donors (Lipinski definition) is 2. The highest BCUT2D eigenvalue weighted by Gasteiger charge is 2.19. The zero-order chi connectivity index (χ0) is 17.9. The number of anilines is 1. The van der Waals surface area contributed by atoms with Crippen molar-refractivity contribution in [1.82, 2.24) is 4.72 Å². The minimum absolute atomic E-state index is 0.124. The minimum Gasteiger partial charge on any atom is -0.322 e. The second kappa shape index (κ2) is 7.15. The van der Waals surface area contributed by atoms with E-state index in [1.807, 2.05) is 31.2 Å². The number of rotatable bonds is 5. The number of para-hydroxylation sites is 1. The highest BCUT2D eigenvalue weighted by Crippen LogP contribution is 2.22. The van der Waals surface area contributed by atoms with Crippen LogP contribution in [0.15, 0.2) is 41.3 Å². The lowest BCUT2D eigenvalue weighted by Crippen LogP contribution is -2.21. The molecule has 0 aliphatic heterocycles. The van der Waals surface area contributed by atoms with Gasteiger partial charge in [-0.25, -0.2) is 13.1 Å². The Labute approximate surface area is 143 Å². The Balaban J connectivity index is 2.44. The second-order valence-corrected chi connectivity index (χ2v) is 7.44. The fourth-order valence-corrected chi connectivity index (χ4v) is 3.56. The van der Waals surface area contributed by atoms with Gasteiger partial charge in [0, 0.05) is 11.3 Å². The van der Waals surface area contributed by atoms with Crippen molar-refractivity contribution in [2.24, 2.45) is 0 Å². The number of amides is 1. The molecule has 0 aliphatic carbocycles. The number of carbonyl (C=O) groups is 1. The SMILES string of the molecule is CCc1ccccc1NC(=O)c1cc(C)c(C)c(S(=O)(=O)NC)c1. The quantitative estimate of drug-likeness (QED) is 0.874. The van der Waals surface area contributed by atoms with Crippen molar-refractivity contribution < 1.29 is 13.2 Å². The summed E-state index contributed by atoms with van der Waals surface area (Å²) in [6.45, 7) is 5.53. The summed E-state index contributed by atoms with van der Waals surface area (Å²) >= 11 is 0. The van der Waals surface area contributed by atoms with Gasteiger partial charge in [-0.2, -0.15) is 0 Å². The summed E-state index contributed by atoms with van der Waals surface area (Å²) in [5.41, 5.74) is 3.46. The largest absolute Gasteiger partial charge is 0.322 e. The van der Waals surface area contributed by atoms with Crippen LogP contribution < -0.4 is 10.0 Å². The molecule has 0 heterocycles. The monoisotopic (exact) mass is 346 g/mol. The molecule has 128 valence electrons.